The third-order valence-corrected chi connectivity index (χ3v) is 2.12. The molecule has 0 radical (unpaired) electrons. The van der Waals surface area contributed by atoms with E-state index in [2.05, 4.69) is 5.10 Å². The largest absolute Gasteiger partial charge is 0.411 e. The highest BCUT2D eigenvalue weighted by Crippen LogP contribution is 2.42. The monoisotopic (exact) mass is 248 g/mol. The number of carbonyl (C=O) groups is 1. The molecule has 2 unspecified atom stereocenters. The lowest BCUT2D eigenvalue weighted by molar-refractivity contribution is -0.233. The Morgan fingerprint density at radius 3 is 2.00 bits per heavy atom. The van der Waals surface area contributed by atoms with Crippen molar-refractivity contribution in [3.05, 3.63) is 0 Å². The molecule has 9 heteroatoms. The van der Waals surface area contributed by atoms with E-state index in [1.165, 1.54) is 0 Å². The average Bonchev–Trinajstić information content (AvgIpc) is 2.40. The van der Waals surface area contributed by atoms with Crippen molar-refractivity contribution in [2.75, 3.05) is 7.05 Å². The van der Waals surface area contributed by atoms with E-state index in [1.807, 2.05) is 0 Å². The van der Waals surface area contributed by atoms with E-state index in [1.54, 1.807) is 0 Å². The van der Waals surface area contributed by atoms with Crippen molar-refractivity contribution in [2.24, 2.45) is 11.0 Å². The van der Waals surface area contributed by atoms with Gasteiger partial charge in [-0.1, -0.05) is 0 Å². The fourth-order valence-electron chi connectivity index (χ4n) is 1.53. The molecule has 92 valence electrons. The van der Waals surface area contributed by atoms with Crippen molar-refractivity contribution in [1.29, 1.82) is 0 Å². The van der Waals surface area contributed by atoms with Gasteiger partial charge in [0.2, 0.25) is 0 Å². The Morgan fingerprint density at radius 1 is 1.19 bits per heavy atom. The summed E-state index contributed by atoms with van der Waals surface area (Å²) in [6, 6.07) is -2.84. The number of hydrogen-bond donors (Lipinski definition) is 0. The number of aldehydes is 1. The minimum Gasteiger partial charge on any atom is -0.296 e. The molecule has 0 aromatic carbocycles. The third-order valence-electron chi connectivity index (χ3n) is 2.12. The van der Waals surface area contributed by atoms with Crippen molar-refractivity contribution in [3.63, 3.8) is 0 Å². The second-order valence-electron chi connectivity index (χ2n) is 3.22. The minimum atomic E-state index is -5.16. The van der Waals surface area contributed by atoms with Crippen LogP contribution in [-0.2, 0) is 4.79 Å². The summed E-state index contributed by atoms with van der Waals surface area (Å²) in [5, 5.41) is 3.06. The summed E-state index contributed by atoms with van der Waals surface area (Å²) in [5.41, 5.74) is -1.16. The Kier molecular flexibility index (Phi) is 2.90. The first-order valence-electron chi connectivity index (χ1n) is 3.99. The standard InChI is InChI=1S/C7H6F6N2O/c1-15-5(7(11,12)13)4(6(8,9)10)3(2-16)14-15/h2,4-5H,1H3. The molecule has 0 aromatic heterocycles. The van der Waals surface area contributed by atoms with Gasteiger partial charge in [-0.2, -0.15) is 31.4 Å². The summed E-state index contributed by atoms with van der Waals surface area (Å²) in [6.07, 6.45) is -10.6. The van der Waals surface area contributed by atoms with Crippen LogP contribution in [0, 0.1) is 5.92 Å². The Balaban J connectivity index is 3.16. The molecule has 1 heterocycles. The molecular weight excluding hydrogens is 242 g/mol. The van der Waals surface area contributed by atoms with Crippen LogP contribution in [0.15, 0.2) is 5.10 Å². The minimum absolute atomic E-state index is 0.113. The highest BCUT2D eigenvalue weighted by Gasteiger charge is 2.62. The van der Waals surface area contributed by atoms with Crippen LogP contribution in [0.25, 0.3) is 0 Å². The van der Waals surface area contributed by atoms with Crippen LogP contribution in [0.3, 0.4) is 0 Å². The van der Waals surface area contributed by atoms with Gasteiger partial charge in [0.05, 0.1) is 0 Å². The van der Waals surface area contributed by atoms with Gasteiger partial charge in [0.25, 0.3) is 0 Å². The summed E-state index contributed by atoms with van der Waals surface area (Å²) in [4.78, 5) is 10.3. The maximum absolute atomic E-state index is 12.4. The number of rotatable bonds is 1. The van der Waals surface area contributed by atoms with Crippen LogP contribution >= 0.6 is 0 Å². The van der Waals surface area contributed by atoms with Gasteiger partial charge >= 0.3 is 12.4 Å². The summed E-state index contributed by atoms with van der Waals surface area (Å²) in [7, 11) is 0.743. The van der Waals surface area contributed by atoms with Gasteiger partial charge in [-0.05, 0) is 0 Å². The molecule has 1 rings (SSSR count). The summed E-state index contributed by atoms with van der Waals surface area (Å²) in [5.74, 6) is -2.92. The molecule has 0 saturated heterocycles. The summed E-state index contributed by atoms with van der Waals surface area (Å²) in [6.45, 7) is 0. The molecule has 0 spiro atoms. The molecule has 0 amide bonds. The fraction of sp³-hybridized carbons (Fsp3) is 0.714. The van der Waals surface area contributed by atoms with E-state index >= 15 is 0 Å². The van der Waals surface area contributed by atoms with Gasteiger partial charge in [-0.3, -0.25) is 9.80 Å². The molecule has 0 aliphatic carbocycles. The molecule has 3 nitrogen and oxygen atoms in total. The lowest BCUT2D eigenvalue weighted by Gasteiger charge is -2.28. The molecule has 1 aliphatic rings. The number of hydrazone groups is 1. The van der Waals surface area contributed by atoms with Crippen molar-refractivity contribution in [1.82, 2.24) is 5.01 Å². The Morgan fingerprint density at radius 2 is 1.69 bits per heavy atom. The number of halogens is 6. The molecule has 0 bridgehead atoms. The SMILES string of the molecule is CN1N=C(C=O)C(C(F)(F)F)C1C(F)(F)F. The quantitative estimate of drug-likeness (QED) is 0.521. The number of carbonyl (C=O) groups excluding carboxylic acids is 1. The van der Waals surface area contributed by atoms with Crippen LogP contribution in [-0.4, -0.2) is 42.4 Å². The zero-order chi connectivity index (χ0) is 12.7. The lowest BCUT2D eigenvalue weighted by Crippen LogP contribution is -2.49. The Labute approximate surface area is 85.7 Å². The van der Waals surface area contributed by atoms with E-state index in [-0.39, 0.29) is 11.3 Å². The Bertz CT molecular complexity index is 320. The lowest BCUT2D eigenvalue weighted by atomic mass is 9.95. The van der Waals surface area contributed by atoms with Gasteiger partial charge < -0.3 is 0 Å². The smallest absolute Gasteiger partial charge is 0.296 e. The third kappa shape index (κ3) is 2.12. The molecule has 0 aromatic rings. The van der Waals surface area contributed by atoms with E-state index in [4.69, 9.17) is 0 Å². The first-order valence-corrected chi connectivity index (χ1v) is 3.99. The predicted molar refractivity (Wildman–Crippen MR) is 40.7 cm³/mol. The van der Waals surface area contributed by atoms with Crippen LogP contribution in [0.1, 0.15) is 0 Å². The van der Waals surface area contributed by atoms with Gasteiger partial charge in [0, 0.05) is 7.05 Å². The van der Waals surface area contributed by atoms with Crippen molar-refractivity contribution in [3.8, 4) is 0 Å². The zero-order valence-electron chi connectivity index (χ0n) is 7.80. The van der Waals surface area contributed by atoms with Crippen molar-refractivity contribution < 1.29 is 31.1 Å². The van der Waals surface area contributed by atoms with Crippen molar-refractivity contribution in [2.45, 2.75) is 18.4 Å². The number of nitrogens with zero attached hydrogens (tertiary/aromatic N) is 2. The zero-order valence-corrected chi connectivity index (χ0v) is 7.80. The van der Waals surface area contributed by atoms with E-state index in [0.29, 0.717) is 0 Å². The summed E-state index contributed by atoms with van der Waals surface area (Å²) < 4.78 is 74.3. The number of hydrogen-bond acceptors (Lipinski definition) is 3. The summed E-state index contributed by atoms with van der Waals surface area (Å²) >= 11 is 0. The van der Waals surface area contributed by atoms with Gasteiger partial charge in [-0.25, -0.2) is 0 Å². The normalized spacial score (nSPS) is 26.9. The highest BCUT2D eigenvalue weighted by atomic mass is 19.4. The second-order valence-corrected chi connectivity index (χ2v) is 3.22. The van der Waals surface area contributed by atoms with Gasteiger partial charge in [-0.15, -0.1) is 0 Å². The first-order chi connectivity index (χ1) is 7.09. The maximum Gasteiger partial charge on any atom is 0.411 e. The first kappa shape index (κ1) is 12.8. The fourth-order valence-corrected chi connectivity index (χ4v) is 1.53. The van der Waals surface area contributed by atoms with E-state index in [9.17, 15) is 31.1 Å². The Hall–Kier alpha value is -1.28. The molecule has 2 atom stereocenters. The molecular formula is C7H6F6N2O. The second kappa shape index (κ2) is 3.63. The predicted octanol–water partition coefficient (Wildman–Crippen LogP) is 1.60. The van der Waals surface area contributed by atoms with Gasteiger partial charge in [0.15, 0.2) is 12.3 Å². The van der Waals surface area contributed by atoms with Crippen LogP contribution in [0.2, 0.25) is 0 Å². The van der Waals surface area contributed by atoms with E-state index < -0.39 is 30.0 Å². The molecule has 0 N–H and O–H groups in total. The van der Waals surface area contributed by atoms with Crippen LogP contribution < -0.4 is 0 Å². The molecule has 16 heavy (non-hydrogen) atoms. The van der Waals surface area contributed by atoms with Crippen LogP contribution in [0.5, 0.6) is 0 Å². The number of alkyl halides is 6. The highest BCUT2D eigenvalue weighted by molar-refractivity contribution is 6.30. The average molecular weight is 248 g/mol. The molecule has 0 fully saturated rings. The van der Waals surface area contributed by atoms with Gasteiger partial charge in [0.1, 0.15) is 11.6 Å². The molecule has 0 saturated carbocycles. The maximum atomic E-state index is 12.4. The van der Waals surface area contributed by atoms with Crippen molar-refractivity contribution >= 4 is 12.0 Å². The van der Waals surface area contributed by atoms with Crippen LogP contribution in [0.4, 0.5) is 26.3 Å². The topological polar surface area (TPSA) is 32.7 Å². The van der Waals surface area contributed by atoms with E-state index in [0.717, 1.165) is 7.05 Å². The molecule has 1 aliphatic heterocycles.